The Hall–Kier alpha value is -1.57. The fraction of sp³-hybridized carbons (Fsp3) is 0.250. The van der Waals surface area contributed by atoms with Gasteiger partial charge in [-0.05, 0) is 30.5 Å². The Labute approximate surface area is 84.4 Å². The quantitative estimate of drug-likeness (QED) is 0.780. The molecule has 1 rings (SSSR count). The second-order valence-electron chi connectivity index (χ2n) is 3.21. The lowest BCUT2D eigenvalue weighted by molar-refractivity contribution is 0.1000. The Morgan fingerprint density at radius 3 is 2.79 bits per heavy atom. The second kappa shape index (κ2) is 4.61. The number of hydrogen-bond donors (Lipinski definition) is 1. The van der Waals surface area contributed by atoms with Gasteiger partial charge in [0.2, 0.25) is 5.91 Å². The third-order valence-electron chi connectivity index (χ3n) is 2.11. The van der Waals surface area contributed by atoms with Crippen molar-refractivity contribution < 1.29 is 4.79 Å². The van der Waals surface area contributed by atoms with E-state index in [1.165, 1.54) is 0 Å². The molecule has 0 saturated carbocycles. The Balaban J connectivity index is 3.22. The molecule has 0 bridgehead atoms. The van der Waals surface area contributed by atoms with Gasteiger partial charge >= 0.3 is 0 Å². The molecule has 0 saturated heterocycles. The molecule has 14 heavy (non-hydrogen) atoms. The van der Waals surface area contributed by atoms with Crippen LogP contribution in [0.15, 0.2) is 24.3 Å². The van der Waals surface area contributed by atoms with Gasteiger partial charge in [0.25, 0.3) is 0 Å². The average Bonchev–Trinajstić information content (AvgIpc) is 2.15. The molecule has 2 nitrogen and oxygen atoms in total. The summed E-state index contributed by atoms with van der Waals surface area (Å²) < 4.78 is 0. The van der Waals surface area contributed by atoms with E-state index in [0.29, 0.717) is 5.56 Å². The van der Waals surface area contributed by atoms with E-state index < -0.39 is 0 Å². The van der Waals surface area contributed by atoms with E-state index in [1.54, 1.807) is 6.07 Å². The largest absolute Gasteiger partial charge is 0.366 e. The molecule has 0 aromatic heterocycles. The zero-order chi connectivity index (χ0) is 10.6. The first-order valence-corrected chi connectivity index (χ1v) is 4.72. The van der Waals surface area contributed by atoms with Crippen LogP contribution in [0.2, 0.25) is 0 Å². The molecule has 0 aliphatic carbocycles. The number of carbonyl (C=O) groups excluding carboxylic acids is 1. The number of rotatable bonds is 3. The molecule has 0 unspecified atom stereocenters. The summed E-state index contributed by atoms with van der Waals surface area (Å²) in [6, 6.07) is 5.57. The summed E-state index contributed by atoms with van der Waals surface area (Å²) in [4.78, 5) is 11.1. The highest BCUT2D eigenvalue weighted by molar-refractivity contribution is 5.97. The highest BCUT2D eigenvalue weighted by Gasteiger charge is 2.06. The van der Waals surface area contributed by atoms with Gasteiger partial charge in [-0.1, -0.05) is 31.2 Å². The number of primary amides is 1. The van der Waals surface area contributed by atoms with Gasteiger partial charge in [-0.25, -0.2) is 0 Å². The number of amides is 1. The lowest BCUT2D eigenvalue weighted by atomic mass is 10.0. The minimum absolute atomic E-state index is 0.371. The van der Waals surface area contributed by atoms with E-state index in [9.17, 15) is 4.79 Å². The van der Waals surface area contributed by atoms with Gasteiger partial charge in [0.05, 0.1) is 0 Å². The van der Waals surface area contributed by atoms with Crippen LogP contribution in [-0.4, -0.2) is 5.91 Å². The topological polar surface area (TPSA) is 43.1 Å². The average molecular weight is 189 g/mol. The van der Waals surface area contributed by atoms with Crippen molar-refractivity contribution in [1.82, 2.24) is 0 Å². The van der Waals surface area contributed by atoms with Gasteiger partial charge < -0.3 is 5.73 Å². The third-order valence-corrected chi connectivity index (χ3v) is 2.11. The number of aryl methyl sites for hydroxylation is 1. The predicted octanol–water partition coefficient (Wildman–Crippen LogP) is 2.52. The van der Waals surface area contributed by atoms with Crippen molar-refractivity contribution in [1.29, 1.82) is 0 Å². The van der Waals surface area contributed by atoms with Crippen molar-refractivity contribution in [2.75, 3.05) is 0 Å². The van der Waals surface area contributed by atoms with Crippen LogP contribution in [0.4, 0.5) is 0 Å². The maximum absolute atomic E-state index is 11.1. The van der Waals surface area contributed by atoms with Crippen LogP contribution in [0.5, 0.6) is 0 Å². The Bertz CT molecular complexity index is 367. The molecule has 1 aromatic carbocycles. The standard InChI is InChI=1S/C12H15NO/c1-3-4-7-10-9(2)6-5-8-11(10)12(13)14/h4-8H,3H2,1-2H3,(H2,13,14)/b7-4-. The van der Waals surface area contributed by atoms with Crippen LogP contribution in [0, 0.1) is 6.92 Å². The maximum Gasteiger partial charge on any atom is 0.249 e. The molecule has 0 atom stereocenters. The number of allylic oxidation sites excluding steroid dienone is 1. The van der Waals surface area contributed by atoms with Gasteiger partial charge in [0, 0.05) is 5.56 Å². The molecule has 0 fully saturated rings. The fourth-order valence-corrected chi connectivity index (χ4v) is 1.35. The summed E-state index contributed by atoms with van der Waals surface area (Å²) in [5.74, 6) is -0.371. The van der Waals surface area contributed by atoms with Crippen molar-refractivity contribution in [2.24, 2.45) is 5.73 Å². The monoisotopic (exact) mass is 189 g/mol. The van der Waals surface area contributed by atoms with Crippen molar-refractivity contribution in [2.45, 2.75) is 20.3 Å². The molecule has 74 valence electrons. The first-order chi connectivity index (χ1) is 6.66. The number of hydrogen-bond acceptors (Lipinski definition) is 1. The van der Waals surface area contributed by atoms with Gasteiger partial charge in [0.1, 0.15) is 0 Å². The van der Waals surface area contributed by atoms with Crippen LogP contribution in [0.3, 0.4) is 0 Å². The zero-order valence-corrected chi connectivity index (χ0v) is 8.58. The normalized spacial score (nSPS) is 10.7. The first-order valence-electron chi connectivity index (χ1n) is 4.72. The molecule has 2 N–H and O–H groups in total. The summed E-state index contributed by atoms with van der Waals surface area (Å²) in [6.45, 7) is 4.03. The Morgan fingerprint density at radius 2 is 2.21 bits per heavy atom. The summed E-state index contributed by atoms with van der Waals surface area (Å²) >= 11 is 0. The zero-order valence-electron chi connectivity index (χ0n) is 8.58. The second-order valence-corrected chi connectivity index (χ2v) is 3.21. The summed E-state index contributed by atoms with van der Waals surface area (Å²) in [7, 11) is 0. The van der Waals surface area contributed by atoms with Crippen molar-refractivity contribution >= 4 is 12.0 Å². The molecule has 1 amide bonds. The van der Waals surface area contributed by atoms with Crippen LogP contribution < -0.4 is 5.73 Å². The van der Waals surface area contributed by atoms with E-state index >= 15 is 0 Å². The molecular formula is C12H15NO. The highest BCUT2D eigenvalue weighted by atomic mass is 16.1. The lowest BCUT2D eigenvalue weighted by Gasteiger charge is -2.05. The molecule has 0 radical (unpaired) electrons. The smallest absolute Gasteiger partial charge is 0.249 e. The minimum Gasteiger partial charge on any atom is -0.366 e. The molecule has 2 heteroatoms. The summed E-state index contributed by atoms with van der Waals surface area (Å²) in [5.41, 5.74) is 7.88. The van der Waals surface area contributed by atoms with Crippen LogP contribution in [0.1, 0.15) is 34.8 Å². The first kappa shape index (κ1) is 10.5. The van der Waals surface area contributed by atoms with Crippen molar-refractivity contribution in [3.63, 3.8) is 0 Å². The molecule has 0 spiro atoms. The highest BCUT2D eigenvalue weighted by Crippen LogP contribution is 2.15. The fourth-order valence-electron chi connectivity index (χ4n) is 1.35. The van der Waals surface area contributed by atoms with E-state index in [-0.39, 0.29) is 5.91 Å². The summed E-state index contributed by atoms with van der Waals surface area (Å²) in [5, 5.41) is 0. The molecule has 0 aliphatic rings. The lowest BCUT2D eigenvalue weighted by Crippen LogP contribution is -2.13. The summed E-state index contributed by atoms with van der Waals surface area (Å²) in [6.07, 6.45) is 4.93. The van der Waals surface area contributed by atoms with Crippen LogP contribution in [0.25, 0.3) is 6.08 Å². The van der Waals surface area contributed by atoms with E-state index in [1.807, 2.05) is 31.2 Å². The van der Waals surface area contributed by atoms with E-state index in [2.05, 4.69) is 6.92 Å². The number of nitrogens with two attached hydrogens (primary N) is 1. The SMILES string of the molecule is CC/C=C\c1c(C)cccc1C(N)=O. The van der Waals surface area contributed by atoms with Gasteiger partial charge in [-0.3, -0.25) is 4.79 Å². The van der Waals surface area contributed by atoms with Crippen molar-refractivity contribution in [3.8, 4) is 0 Å². The maximum atomic E-state index is 11.1. The third kappa shape index (κ3) is 2.22. The number of carbonyl (C=O) groups is 1. The number of benzene rings is 1. The van der Waals surface area contributed by atoms with Crippen LogP contribution >= 0.6 is 0 Å². The van der Waals surface area contributed by atoms with E-state index in [0.717, 1.165) is 17.5 Å². The molecule has 1 aromatic rings. The van der Waals surface area contributed by atoms with Gasteiger partial charge in [-0.15, -0.1) is 0 Å². The molecule has 0 heterocycles. The minimum atomic E-state index is -0.371. The van der Waals surface area contributed by atoms with Gasteiger partial charge in [0.15, 0.2) is 0 Å². The van der Waals surface area contributed by atoms with Crippen LogP contribution in [-0.2, 0) is 0 Å². The molecular weight excluding hydrogens is 174 g/mol. The van der Waals surface area contributed by atoms with E-state index in [4.69, 9.17) is 5.73 Å². The molecule has 0 aliphatic heterocycles. The Kier molecular flexibility index (Phi) is 3.46. The Morgan fingerprint density at radius 1 is 1.50 bits per heavy atom. The predicted molar refractivity (Wildman–Crippen MR) is 59.0 cm³/mol. The van der Waals surface area contributed by atoms with Gasteiger partial charge in [-0.2, -0.15) is 0 Å². The van der Waals surface area contributed by atoms with Crippen molar-refractivity contribution in [3.05, 3.63) is 41.0 Å².